The number of amides is 2. The summed E-state index contributed by atoms with van der Waals surface area (Å²) in [6.45, 7) is 8.26. The lowest BCUT2D eigenvalue weighted by molar-refractivity contribution is -0.124. The minimum Gasteiger partial charge on any atom is -0.493 e. The number of anilines is 1. The third kappa shape index (κ3) is 8.19. The van der Waals surface area contributed by atoms with E-state index < -0.39 is 12.1 Å². The van der Waals surface area contributed by atoms with Gasteiger partial charge in [-0.3, -0.25) is 19.3 Å². The molecule has 2 aliphatic rings. The number of aryl methyl sites for hydroxylation is 1. The average molecular weight is 671 g/mol. The first-order valence-corrected chi connectivity index (χ1v) is 17.3. The zero-order chi connectivity index (χ0) is 35.1. The van der Waals surface area contributed by atoms with Crippen LogP contribution in [0.2, 0.25) is 0 Å². The van der Waals surface area contributed by atoms with Crippen LogP contribution in [0.3, 0.4) is 0 Å². The van der Waals surface area contributed by atoms with E-state index in [0.29, 0.717) is 41.3 Å². The van der Waals surface area contributed by atoms with Crippen molar-refractivity contribution in [2.75, 3.05) is 39.7 Å². The van der Waals surface area contributed by atoms with E-state index in [9.17, 15) is 14.4 Å². The molecule has 0 bridgehead atoms. The minimum atomic E-state index is -0.612. The molecule has 0 radical (unpaired) electrons. The van der Waals surface area contributed by atoms with E-state index in [-0.39, 0.29) is 29.2 Å². The minimum absolute atomic E-state index is 0.0365. The predicted octanol–water partition coefficient (Wildman–Crippen LogP) is 5.47. The van der Waals surface area contributed by atoms with Crippen LogP contribution in [0.4, 0.5) is 5.69 Å². The summed E-state index contributed by atoms with van der Waals surface area (Å²) in [5.74, 6) is 1.13. The molecule has 0 saturated carbocycles. The van der Waals surface area contributed by atoms with Gasteiger partial charge in [-0.1, -0.05) is 56.7 Å². The summed E-state index contributed by atoms with van der Waals surface area (Å²) in [5, 5.41) is 9.68. The molecular formula is C39H50N4O6. The Morgan fingerprint density at radius 3 is 2.27 bits per heavy atom. The maximum atomic E-state index is 14.0. The van der Waals surface area contributed by atoms with Gasteiger partial charge in [0.25, 0.3) is 0 Å². The number of hydrogen-bond donors (Lipinski definition) is 3. The molecule has 3 unspecified atom stereocenters. The molecule has 1 fully saturated rings. The van der Waals surface area contributed by atoms with Gasteiger partial charge in [-0.15, -0.1) is 0 Å². The van der Waals surface area contributed by atoms with E-state index in [1.807, 2.05) is 32.0 Å². The number of carbonyl (C=O) groups is 2. The number of likely N-dealkylation sites (tertiary alicyclic amines) is 1. The Labute approximate surface area is 289 Å². The molecule has 10 nitrogen and oxygen atoms in total. The number of methoxy groups -OCH3 is 3. The first-order valence-electron chi connectivity index (χ1n) is 17.3. The number of benzene rings is 2. The van der Waals surface area contributed by atoms with Crippen LogP contribution in [0.1, 0.15) is 69.2 Å². The maximum Gasteiger partial charge on any atom is 0.242 e. The van der Waals surface area contributed by atoms with E-state index in [0.717, 1.165) is 55.6 Å². The molecule has 3 N–H and O–H groups in total. The van der Waals surface area contributed by atoms with Gasteiger partial charge in [-0.2, -0.15) is 0 Å². The fourth-order valence-electron chi connectivity index (χ4n) is 7.06. The van der Waals surface area contributed by atoms with Crippen LogP contribution in [0.15, 0.2) is 59.4 Å². The molecule has 3 aromatic rings. The van der Waals surface area contributed by atoms with Gasteiger partial charge in [0.05, 0.1) is 33.1 Å². The van der Waals surface area contributed by atoms with E-state index >= 15 is 0 Å². The number of carbonyl (C=O) groups excluding carboxylic acids is 2. The number of nitrogens with one attached hydrogen (secondary N) is 3. The van der Waals surface area contributed by atoms with Crippen molar-refractivity contribution >= 4 is 17.5 Å². The number of piperidine rings is 1. The highest BCUT2D eigenvalue weighted by Gasteiger charge is 2.31. The van der Waals surface area contributed by atoms with Crippen molar-refractivity contribution in [1.82, 2.24) is 15.5 Å². The van der Waals surface area contributed by atoms with Gasteiger partial charge < -0.3 is 30.2 Å². The molecule has 5 rings (SSSR count). The molecule has 3 aromatic carbocycles. The zero-order valence-corrected chi connectivity index (χ0v) is 29.6. The molecule has 262 valence electrons. The fourth-order valence-corrected chi connectivity index (χ4v) is 7.06. The van der Waals surface area contributed by atoms with E-state index in [1.54, 1.807) is 33.5 Å². The summed E-state index contributed by atoms with van der Waals surface area (Å²) in [7, 11) is 4.71. The first-order chi connectivity index (χ1) is 23.7. The van der Waals surface area contributed by atoms with Gasteiger partial charge in [0.1, 0.15) is 6.04 Å². The Kier molecular flexibility index (Phi) is 11.8. The largest absolute Gasteiger partial charge is 0.493 e. The second kappa shape index (κ2) is 16.2. The van der Waals surface area contributed by atoms with Crippen molar-refractivity contribution in [3.05, 3.63) is 81.5 Å². The summed E-state index contributed by atoms with van der Waals surface area (Å²) in [6, 6.07) is 16.6. The second-order valence-electron chi connectivity index (χ2n) is 13.1. The molecule has 1 heterocycles. The average Bonchev–Trinajstić information content (AvgIpc) is 3.35. The topological polar surface area (TPSA) is 118 Å². The van der Waals surface area contributed by atoms with E-state index in [4.69, 9.17) is 14.2 Å². The summed E-state index contributed by atoms with van der Waals surface area (Å²) < 4.78 is 17.2. The lowest BCUT2D eigenvalue weighted by Crippen LogP contribution is -2.51. The van der Waals surface area contributed by atoms with Crippen LogP contribution < -0.4 is 35.6 Å². The molecule has 10 heteroatoms. The molecule has 1 aliphatic carbocycles. The van der Waals surface area contributed by atoms with Crippen molar-refractivity contribution in [2.24, 2.45) is 5.92 Å². The Morgan fingerprint density at radius 1 is 0.918 bits per heavy atom. The van der Waals surface area contributed by atoms with Crippen LogP contribution in [0.25, 0.3) is 11.1 Å². The smallest absolute Gasteiger partial charge is 0.242 e. The number of ether oxygens (including phenoxy) is 3. The molecule has 1 saturated heterocycles. The first kappa shape index (κ1) is 35.7. The number of fused-ring (bicyclic) bond motifs is 3. The van der Waals surface area contributed by atoms with Crippen LogP contribution >= 0.6 is 0 Å². The van der Waals surface area contributed by atoms with Crippen LogP contribution in [-0.4, -0.2) is 63.2 Å². The van der Waals surface area contributed by atoms with E-state index in [2.05, 4.69) is 45.1 Å². The summed E-state index contributed by atoms with van der Waals surface area (Å²) >= 11 is 0. The molecular weight excluding hydrogens is 620 g/mol. The van der Waals surface area contributed by atoms with Gasteiger partial charge in [0, 0.05) is 38.2 Å². The van der Waals surface area contributed by atoms with Crippen molar-refractivity contribution in [2.45, 2.75) is 77.5 Å². The molecule has 0 spiro atoms. The standard InChI is InChI=1S/C39H50N4O6/c1-7-24(2)36(39(46)41-28-17-19-43(20-18-28)23-26-11-9-8-10-12-26)42-32-16-14-29-30(22-33(32)45)31(40-25(3)44)15-13-27-21-34(47-4)37(48-5)38(49-6)35(27)29/h8-12,14,16,21-22,24,28,31,36H,7,13,15,17-20,23H2,1-6H3,(H,40,44)(H,41,46)(H,42,45). The van der Waals surface area contributed by atoms with Gasteiger partial charge in [-0.05, 0) is 72.1 Å². The highest BCUT2D eigenvalue weighted by Crippen LogP contribution is 2.50. The molecule has 3 atom stereocenters. The van der Waals surface area contributed by atoms with Crippen LogP contribution in [0.5, 0.6) is 17.2 Å². The fraction of sp³-hybridized carbons (Fsp3) is 0.462. The van der Waals surface area contributed by atoms with Crippen LogP contribution in [0, 0.1) is 5.92 Å². The molecule has 0 aromatic heterocycles. The summed E-state index contributed by atoms with van der Waals surface area (Å²) in [6.07, 6.45) is 3.65. The Bertz CT molecular complexity index is 1690. The third-order valence-electron chi connectivity index (χ3n) is 9.91. The molecule has 2 amide bonds. The quantitative estimate of drug-likeness (QED) is 0.232. The third-order valence-corrected chi connectivity index (χ3v) is 9.91. The Hall–Kier alpha value is -4.57. The predicted molar refractivity (Wildman–Crippen MR) is 192 cm³/mol. The van der Waals surface area contributed by atoms with E-state index in [1.165, 1.54) is 12.5 Å². The van der Waals surface area contributed by atoms with Gasteiger partial charge in [0.2, 0.25) is 23.0 Å². The van der Waals surface area contributed by atoms with Gasteiger partial charge >= 0.3 is 0 Å². The summed E-state index contributed by atoms with van der Waals surface area (Å²) in [5.41, 5.74) is 4.47. The van der Waals surface area contributed by atoms with Crippen molar-refractivity contribution in [1.29, 1.82) is 0 Å². The summed E-state index contributed by atoms with van der Waals surface area (Å²) in [4.78, 5) is 42.6. The SMILES string of the molecule is CCC(C)C(Nc1ccc2c(cc1=O)C(NC(C)=O)CCc1cc(OC)c(OC)c(OC)c1-2)C(=O)NC1CCN(Cc2ccccc2)CC1. The lowest BCUT2D eigenvalue weighted by Gasteiger charge is -2.34. The normalized spacial score (nSPS) is 17.4. The van der Waals surface area contributed by atoms with Crippen molar-refractivity contribution in [3.63, 3.8) is 0 Å². The monoisotopic (exact) mass is 670 g/mol. The number of rotatable bonds is 12. The van der Waals surface area contributed by atoms with Gasteiger partial charge in [0.15, 0.2) is 11.5 Å². The second-order valence-corrected chi connectivity index (χ2v) is 13.1. The lowest BCUT2D eigenvalue weighted by atomic mass is 9.95. The Balaban J connectivity index is 1.44. The Morgan fingerprint density at radius 2 is 1.63 bits per heavy atom. The van der Waals surface area contributed by atoms with Crippen LogP contribution in [-0.2, 0) is 22.6 Å². The number of hydrogen-bond acceptors (Lipinski definition) is 8. The van der Waals surface area contributed by atoms with Gasteiger partial charge in [-0.25, -0.2) is 0 Å². The highest BCUT2D eigenvalue weighted by atomic mass is 16.5. The molecule has 1 aliphatic heterocycles. The maximum absolute atomic E-state index is 14.0. The molecule has 49 heavy (non-hydrogen) atoms. The van der Waals surface area contributed by atoms with Crippen molar-refractivity contribution in [3.8, 4) is 28.4 Å². The van der Waals surface area contributed by atoms with Crippen molar-refractivity contribution < 1.29 is 23.8 Å². The zero-order valence-electron chi connectivity index (χ0n) is 29.6. The highest BCUT2D eigenvalue weighted by molar-refractivity contribution is 5.86. The number of nitrogens with zero attached hydrogens (tertiary/aromatic N) is 1.